The molecule has 0 radical (unpaired) electrons. The molecule has 36 heavy (non-hydrogen) atoms. The Labute approximate surface area is 216 Å². The molecule has 192 valence electrons. The third kappa shape index (κ3) is 8.86. The van der Waals surface area contributed by atoms with Gasteiger partial charge in [-0.25, -0.2) is 4.79 Å². The number of ether oxygens (including phenoxy) is 1. The fourth-order valence-electron chi connectivity index (χ4n) is 3.33. The molecular formula is C27H33N3O5S. The third-order valence-electron chi connectivity index (χ3n) is 5.00. The van der Waals surface area contributed by atoms with Gasteiger partial charge in [0.25, 0.3) is 5.91 Å². The predicted octanol–water partition coefficient (Wildman–Crippen LogP) is 3.82. The number of carbonyl (C=O) groups excluding carboxylic acids is 3. The zero-order chi connectivity index (χ0) is 26.7. The van der Waals surface area contributed by atoms with Crippen LogP contribution >= 0.6 is 11.8 Å². The molecule has 2 rings (SSSR count). The molecule has 0 aliphatic heterocycles. The Morgan fingerprint density at radius 2 is 1.75 bits per heavy atom. The number of nitrogens with zero attached hydrogens (tertiary/aromatic N) is 1. The first-order valence-corrected chi connectivity index (χ1v) is 12.8. The van der Waals surface area contributed by atoms with Crippen LogP contribution < -0.4 is 10.6 Å². The van der Waals surface area contributed by atoms with Gasteiger partial charge in [-0.05, 0) is 62.5 Å². The van der Waals surface area contributed by atoms with Crippen molar-refractivity contribution in [2.45, 2.75) is 51.4 Å². The molecule has 0 saturated heterocycles. The van der Waals surface area contributed by atoms with Gasteiger partial charge in [-0.15, -0.1) is 0 Å². The highest BCUT2D eigenvalue weighted by molar-refractivity contribution is 7.98. The number of amides is 3. The highest BCUT2D eigenvalue weighted by Crippen LogP contribution is 2.25. The molecule has 0 aliphatic carbocycles. The lowest BCUT2D eigenvalue weighted by molar-refractivity contribution is -0.138. The molecule has 8 nitrogen and oxygen atoms in total. The molecule has 2 atom stereocenters. The molecule has 0 heterocycles. The molecule has 0 fully saturated rings. The highest BCUT2D eigenvalue weighted by atomic mass is 32.2. The van der Waals surface area contributed by atoms with Crippen LogP contribution in [0.3, 0.4) is 0 Å². The number of benzene rings is 2. The molecule has 0 saturated carbocycles. The molecule has 0 aromatic heterocycles. The Hall–Kier alpha value is -3.64. The fourth-order valence-corrected chi connectivity index (χ4v) is 3.80. The van der Waals surface area contributed by atoms with Crippen LogP contribution in [-0.4, -0.2) is 51.6 Å². The van der Waals surface area contributed by atoms with Gasteiger partial charge in [-0.3, -0.25) is 14.5 Å². The molecule has 3 N–H and O–H groups in total. The second-order valence-corrected chi connectivity index (χ2v) is 10.0. The van der Waals surface area contributed by atoms with E-state index in [9.17, 15) is 19.5 Å². The Morgan fingerprint density at radius 3 is 2.31 bits per heavy atom. The fraction of sp³-hybridized carbons (Fsp3) is 0.370. The van der Waals surface area contributed by atoms with E-state index in [1.54, 1.807) is 20.8 Å². The van der Waals surface area contributed by atoms with Gasteiger partial charge >= 0.3 is 6.09 Å². The normalized spacial score (nSPS) is 12.5. The highest BCUT2D eigenvalue weighted by Gasteiger charge is 2.35. The van der Waals surface area contributed by atoms with E-state index < -0.39 is 35.6 Å². The summed E-state index contributed by atoms with van der Waals surface area (Å²) in [5.41, 5.74) is 0.526. The number of phenolic OH excluding ortho intramolecular Hbond substituents is 1. The van der Waals surface area contributed by atoms with Crippen molar-refractivity contribution in [3.05, 3.63) is 65.7 Å². The SMILES string of the molecule is C#CN(C(=O)C(CCSC)NC(=O)OC(C)(C)C)C(C(=O)NCc1ccccc1)c1ccc(O)cc1. The van der Waals surface area contributed by atoms with E-state index in [1.807, 2.05) is 36.6 Å². The number of nitrogens with one attached hydrogen (secondary N) is 2. The van der Waals surface area contributed by atoms with Gasteiger partial charge in [0, 0.05) is 12.6 Å². The Kier molecular flexibility index (Phi) is 10.7. The minimum Gasteiger partial charge on any atom is -0.508 e. The standard InChI is InChI=1S/C27H33N3O5S/c1-6-30(25(33)22(16-17-36-5)29-26(34)35-27(2,3)4)23(20-12-14-21(31)15-13-20)24(32)28-18-19-10-8-7-9-11-19/h1,7-15,22-23,31H,16-18H2,2-5H3,(H,28,32)(H,29,34). The summed E-state index contributed by atoms with van der Waals surface area (Å²) in [7, 11) is 0. The summed E-state index contributed by atoms with van der Waals surface area (Å²) < 4.78 is 5.32. The van der Waals surface area contributed by atoms with E-state index in [0.717, 1.165) is 10.5 Å². The van der Waals surface area contributed by atoms with E-state index in [2.05, 4.69) is 16.7 Å². The summed E-state index contributed by atoms with van der Waals surface area (Å²) in [6, 6.07) is 15.3. The second-order valence-electron chi connectivity index (χ2n) is 9.02. The number of hydrogen-bond donors (Lipinski definition) is 3. The molecule has 0 spiro atoms. The Morgan fingerprint density at radius 1 is 1.11 bits per heavy atom. The van der Waals surface area contributed by atoms with E-state index in [0.29, 0.717) is 11.3 Å². The van der Waals surface area contributed by atoms with Crippen LogP contribution in [-0.2, 0) is 20.9 Å². The third-order valence-corrected chi connectivity index (χ3v) is 5.65. The van der Waals surface area contributed by atoms with Crippen LogP contribution in [0.4, 0.5) is 4.79 Å². The maximum atomic E-state index is 13.6. The van der Waals surface area contributed by atoms with Gasteiger partial charge in [0.2, 0.25) is 5.91 Å². The Bertz CT molecular complexity index is 1060. The average Bonchev–Trinajstić information content (AvgIpc) is 2.83. The van der Waals surface area contributed by atoms with Crippen molar-refractivity contribution in [1.82, 2.24) is 15.5 Å². The van der Waals surface area contributed by atoms with Crippen LogP contribution in [0.1, 0.15) is 44.4 Å². The predicted molar refractivity (Wildman–Crippen MR) is 141 cm³/mol. The molecule has 9 heteroatoms. The number of hydrogen-bond acceptors (Lipinski definition) is 6. The zero-order valence-corrected chi connectivity index (χ0v) is 21.8. The van der Waals surface area contributed by atoms with Crippen LogP contribution in [0.25, 0.3) is 0 Å². The van der Waals surface area contributed by atoms with Gasteiger partial charge in [0.1, 0.15) is 23.4 Å². The molecular weight excluding hydrogens is 478 g/mol. The van der Waals surface area contributed by atoms with Crippen LogP contribution in [0.15, 0.2) is 54.6 Å². The number of rotatable bonds is 10. The van der Waals surface area contributed by atoms with Crippen molar-refractivity contribution in [3.8, 4) is 18.2 Å². The molecule has 2 aromatic rings. The largest absolute Gasteiger partial charge is 0.508 e. The van der Waals surface area contributed by atoms with E-state index in [1.165, 1.54) is 36.0 Å². The quantitative estimate of drug-likeness (QED) is 0.331. The number of phenols is 1. The lowest BCUT2D eigenvalue weighted by Crippen LogP contribution is -2.51. The molecule has 2 aromatic carbocycles. The first-order chi connectivity index (χ1) is 17.1. The van der Waals surface area contributed by atoms with Crippen molar-refractivity contribution in [3.63, 3.8) is 0 Å². The number of carbonyl (C=O) groups is 3. The summed E-state index contributed by atoms with van der Waals surface area (Å²) in [4.78, 5) is 40.4. The van der Waals surface area contributed by atoms with E-state index in [4.69, 9.17) is 11.2 Å². The second kappa shape index (κ2) is 13.4. The minimum absolute atomic E-state index is 0.00483. The number of terminal acetylenes is 1. The first-order valence-electron chi connectivity index (χ1n) is 11.4. The van der Waals surface area contributed by atoms with Crippen molar-refractivity contribution >= 4 is 29.7 Å². The zero-order valence-electron chi connectivity index (χ0n) is 21.0. The number of thioether (sulfide) groups is 1. The van der Waals surface area contributed by atoms with Gasteiger partial charge < -0.3 is 20.5 Å². The summed E-state index contributed by atoms with van der Waals surface area (Å²) in [6.07, 6.45) is 7.17. The molecule has 3 amide bonds. The lowest BCUT2D eigenvalue weighted by atomic mass is 10.0. The monoisotopic (exact) mass is 511 g/mol. The minimum atomic E-state index is -1.19. The summed E-state index contributed by atoms with van der Waals surface area (Å²) in [5.74, 6) is -0.554. The van der Waals surface area contributed by atoms with Crippen LogP contribution in [0.2, 0.25) is 0 Å². The lowest BCUT2D eigenvalue weighted by Gasteiger charge is -2.30. The first kappa shape index (κ1) is 28.6. The smallest absolute Gasteiger partial charge is 0.408 e. The van der Waals surface area contributed by atoms with Gasteiger partial charge in [-0.2, -0.15) is 11.8 Å². The summed E-state index contributed by atoms with van der Waals surface area (Å²) in [5, 5.41) is 15.2. The van der Waals surface area contributed by atoms with Gasteiger partial charge in [0.05, 0.1) is 0 Å². The average molecular weight is 512 g/mol. The van der Waals surface area contributed by atoms with Crippen molar-refractivity contribution < 1.29 is 24.2 Å². The molecule has 0 aliphatic rings. The van der Waals surface area contributed by atoms with Crippen LogP contribution in [0.5, 0.6) is 5.75 Å². The van der Waals surface area contributed by atoms with Crippen molar-refractivity contribution in [2.75, 3.05) is 12.0 Å². The summed E-state index contributed by atoms with van der Waals surface area (Å²) in [6.45, 7) is 5.39. The van der Waals surface area contributed by atoms with Gasteiger partial charge in [-0.1, -0.05) is 48.9 Å². The topological polar surface area (TPSA) is 108 Å². The van der Waals surface area contributed by atoms with Crippen molar-refractivity contribution in [1.29, 1.82) is 0 Å². The van der Waals surface area contributed by atoms with Gasteiger partial charge in [0.15, 0.2) is 0 Å². The van der Waals surface area contributed by atoms with Crippen molar-refractivity contribution in [2.24, 2.45) is 0 Å². The Balaban J connectivity index is 2.35. The maximum absolute atomic E-state index is 13.6. The maximum Gasteiger partial charge on any atom is 0.408 e. The van der Waals surface area contributed by atoms with Crippen LogP contribution in [0, 0.1) is 12.5 Å². The number of aromatic hydroxyl groups is 1. The number of alkyl carbamates (subject to hydrolysis) is 1. The van der Waals surface area contributed by atoms with E-state index in [-0.39, 0.29) is 18.7 Å². The summed E-state index contributed by atoms with van der Waals surface area (Å²) >= 11 is 1.50. The molecule has 2 unspecified atom stereocenters. The molecule has 0 bridgehead atoms. The van der Waals surface area contributed by atoms with E-state index >= 15 is 0 Å².